The highest BCUT2D eigenvalue weighted by Gasteiger charge is 2.62. The lowest BCUT2D eigenvalue weighted by Gasteiger charge is -2.62. The maximum Gasteiger partial charge on any atom is 0.322 e. The molecule has 0 radical (unpaired) electrons. The van der Waals surface area contributed by atoms with Gasteiger partial charge in [-0.05, 0) is 104 Å². The van der Waals surface area contributed by atoms with Gasteiger partial charge in [-0.2, -0.15) is 0 Å². The number of hydrogen-bond acceptors (Lipinski definition) is 4. The second-order valence-electron chi connectivity index (χ2n) is 12.1. The molecule has 6 nitrogen and oxygen atoms in total. The second-order valence-corrected chi connectivity index (χ2v) is 12.1. The molecule has 0 aromatic carbocycles. The molecule has 1 amide bonds. The summed E-state index contributed by atoms with van der Waals surface area (Å²) < 4.78 is 0. The number of fused-ring (bicyclic) bond motifs is 5. The highest BCUT2D eigenvalue weighted by atomic mass is 16.4. The highest BCUT2D eigenvalue weighted by molar-refractivity contribution is 5.81. The van der Waals surface area contributed by atoms with Crippen LogP contribution in [0.5, 0.6) is 0 Å². The standard InChI is InChI=1S/C26H43NO5/c1-15(4-7-22(30)27-14-23(31)32)18-5-6-19-24-20(9-11-26(18,19)3)25(2)10-8-17(28)12-16(25)13-21(24)29/h15-21,24,28-29H,4-14H2,1-3H3,(H,27,30)(H,31,32)/t15-,16+,17-,18-,19+,20-,21+,24-,25+,26-/m1/s1. The first-order valence-electron chi connectivity index (χ1n) is 12.9. The molecule has 32 heavy (non-hydrogen) atoms. The van der Waals surface area contributed by atoms with Crippen LogP contribution in [-0.4, -0.2) is 45.9 Å². The minimum absolute atomic E-state index is 0.177. The highest BCUT2D eigenvalue weighted by Crippen LogP contribution is 2.68. The Kier molecular flexibility index (Phi) is 6.68. The van der Waals surface area contributed by atoms with Crippen molar-refractivity contribution in [3.05, 3.63) is 0 Å². The molecule has 0 saturated heterocycles. The van der Waals surface area contributed by atoms with Gasteiger partial charge in [0.1, 0.15) is 6.54 Å². The summed E-state index contributed by atoms with van der Waals surface area (Å²) in [5, 5.41) is 32.8. The fraction of sp³-hybridized carbons (Fsp3) is 0.923. The number of carboxylic acid groups (broad SMARTS) is 1. The zero-order chi connectivity index (χ0) is 23.3. The first-order valence-corrected chi connectivity index (χ1v) is 12.9. The third-order valence-electron chi connectivity index (χ3n) is 10.7. The topological polar surface area (TPSA) is 107 Å². The van der Waals surface area contributed by atoms with Crippen LogP contribution in [0.1, 0.15) is 85.0 Å². The second kappa shape index (κ2) is 8.90. The number of aliphatic carboxylic acids is 1. The maximum absolute atomic E-state index is 12.0. The molecule has 0 aromatic heterocycles. The van der Waals surface area contributed by atoms with Gasteiger partial charge in [0.05, 0.1) is 12.2 Å². The van der Waals surface area contributed by atoms with Crippen molar-refractivity contribution in [1.82, 2.24) is 5.32 Å². The number of nitrogens with one attached hydrogen (secondary N) is 1. The summed E-state index contributed by atoms with van der Waals surface area (Å²) in [5.41, 5.74) is 0.451. The van der Waals surface area contributed by atoms with Crippen LogP contribution in [0.3, 0.4) is 0 Å². The van der Waals surface area contributed by atoms with Gasteiger partial charge < -0.3 is 20.6 Å². The molecule has 0 aromatic rings. The smallest absolute Gasteiger partial charge is 0.322 e. The fourth-order valence-electron chi connectivity index (χ4n) is 9.00. The summed E-state index contributed by atoms with van der Waals surface area (Å²) in [6.45, 7) is 6.83. The van der Waals surface area contributed by atoms with Crippen molar-refractivity contribution >= 4 is 11.9 Å². The number of carboxylic acids is 1. The third-order valence-corrected chi connectivity index (χ3v) is 10.7. The Labute approximate surface area is 192 Å². The maximum atomic E-state index is 12.0. The van der Waals surface area contributed by atoms with E-state index in [0.717, 1.165) is 44.9 Å². The Bertz CT molecular complexity index is 727. The molecule has 4 saturated carbocycles. The van der Waals surface area contributed by atoms with E-state index < -0.39 is 5.97 Å². The first kappa shape index (κ1) is 24.0. The van der Waals surface area contributed by atoms with E-state index in [2.05, 4.69) is 26.1 Å². The van der Waals surface area contributed by atoms with Crippen molar-refractivity contribution in [2.75, 3.05) is 6.54 Å². The van der Waals surface area contributed by atoms with Crippen molar-refractivity contribution in [3.8, 4) is 0 Å². The van der Waals surface area contributed by atoms with Crippen LogP contribution >= 0.6 is 0 Å². The Hall–Kier alpha value is -1.14. The van der Waals surface area contributed by atoms with Gasteiger partial charge in [0.2, 0.25) is 5.91 Å². The van der Waals surface area contributed by atoms with Gasteiger partial charge in [-0.15, -0.1) is 0 Å². The van der Waals surface area contributed by atoms with Crippen LogP contribution in [0.15, 0.2) is 0 Å². The lowest BCUT2D eigenvalue weighted by molar-refractivity contribution is -0.174. The van der Waals surface area contributed by atoms with E-state index in [1.54, 1.807) is 0 Å². The molecule has 4 fully saturated rings. The molecule has 4 aliphatic rings. The quantitative estimate of drug-likeness (QED) is 0.496. The molecule has 0 unspecified atom stereocenters. The lowest BCUT2D eigenvalue weighted by atomic mass is 9.43. The molecule has 4 N–H and O–H groups in total. The predicted octanol–water partition coefficient (Wildman–Crippen LogP) is 3.59. The number of hydrogen-bond donors (Lipinski definition) is 4. The summed E-state index contributed by atoms with van der Waals surface area (Å²) in [7, 11) is 0. The third kappa shape index (κ3) is 4.11. The summed E-state index contributed by atoms with van der Waals surface area (Å²) >= 11 is 0. The average molecular weight is 450 g/mol. The number of amides is 1. The number of aliphatic hydroxyl groups is 2. The van der Waals surface area contributed by atoms with Crippen LogP contribution in [0.4, 0.5) is 0 Å². The minimum Gasteiger partial charge on any atom is -0.480 e. The van der Waals surface area contributed by atoms with Gasteiger partial charge in [-0.25, -0.2) is 0 Å². The van der Waals surface area contributed by atoms with E-state index >= 15 is 0 Å². The molecular formula is C26H43NO5. The van der Waals surface area contributed by atoms with Crippen molar-refractivity contribution in [1.29, 1.82) is 0 Å². The van der Waals surface area contributed by atoms with Gasteiger partial charge >= 0.3 is 5.97 Å². The van der Waals surface area contributed by atoms with Crippen molar-refractivity contribution in [2.45, 2.75) is 97.2 Å². The summed E-state index contributed by atoms with van der Waals surface area (Å²) in [5.74, 6) is 1.66. The van der Waals surface area contributed by atoms with Crippen LogP contribution in [-0.2, 0) is 9.59 Å². The average Bonchev–Trinajstić information content (AvgIpc) is 3.09. The molecule has 10 atom stereocenters. The fourth-order valence-corrected chi connectivity index (χ4v) is 9.00. The summed E-state index contributed by atoms with van der Waals surface area (Å²) in [6, 6.07) is 0. The molecular weight excluding hydrogens is 406 g/mol. The molecule has 0 bridgehead atoms. The molecule has 0 spiro atoms. The number of aliphatic hydroxyl groups excluding tert-OH is 2. The van der Waals surface area contributed by atoms with Crippen LogP contribution < -0.4 is 5.32 Å². The Morgan fingerprint density at radius 1 is 1.00 bits per heavy atom. The largest absolute Gasteiger partial charge is 0.480 e. The molecule has 4 aliphatic carbocycles. The summed E-state index contributed by atoms with van der Waals surface area (Å²) in [6.07, 6.45) is 9.06. The van der Waals surface area contributed by atoms with Crippen molar-refractivity contribution < 1.29 is 24.9 Å². The van der Waals surface area contributed by atoms with Gasteiger partial charge in [0, 0.05) is 6.42 Å². The molecule has 4 rings (SSSR count). The van der Waals surface area contributed by atoms with Gasteiger partial charge in [0.15, 0.2) is 0 Å². The van der Waals surface area contributed by atoms with E-state index in [4.69, 9.17) is 5.11 Å². The Morgan fingerprint density at radius 2 is 1.69 bits per heavy atom. The first-order chi connectivity index (χ1) is 15.1. The molecule has 0 heterocycles. The van der Waals surface area contributed by atoms with E-state index in [0.29, 0.717) is 41.9 Å². The molecule has 6 heteroatoms. The number of carbonyl (C=O) groups excluding carboxylic acids is 1. The SMILES string of the molecule is C[C@H](CCC(=O)NCC(=O)O)[C@H]1CC[C@H]2[C@@H]3[C@@H](CC[C@]12C)[C@@]1(C)CC[C@@H](O)C[C@H]1C[C@@H]3O. The lowest BCUT2D eigenvalue weighted by Crippen LogP contribution is -2.58. The zero-order valence-electron chi connectivity index (χ0n) is 20.1. The van der Waals surface area contributed by atoms with Crippen molar-refractivity contribution in [2.24, 2.45) is 46.3 Å². The molecule has 182 valence electrons. The van der Waals surface area contributed by atoms with E-state index in [1.165, 1.54) is 12.8 Å². The van der Waals surface area contributed by atoms with Gasteiger partial charge in [0.25, 0.3) is 0 Å². The Morgan fingerprint density at radius 3 is 2.41 bits per heavy atom. The zero-order valence-corrected chi connectivity index (χ0v) is 20.1. The van der Waals surface area contributed by atoms with Crippen LogP contribution in [0.25, 0.3) is 0 Å². The Balaban J connectivity index is 1.44. The van der Waals surface area contributed by atoms with Crippen LogP contribution in [0.2, 0.25) is 0 Å². The predicted molar refractivity (Wildman–Crippen MR) is 122 cm³/mol. The minimum atomic E-state index is -1.01. The normalized spacial score (nSPS) is 46.5. The summed E-state index contributed by atoms with van der Waals surface area (Å²) in [4.78, 5) is 22.7. The van der Waals surface area contributed by atoms with E-state index in [9.17, 15) is 19.8 Å². The number of carbonyl (C=O) groups is 2. The van der Waals surface area contributed by atoms with Crippen molar-refractivity contribution in [3.63, 3.8) is 0 Å². The number of rotatable bonds is 6. The monoisotopic (exact) mass is 449 g/mol. The van der Waals surface area contributed by atoms with E-state index in [-0.39, 0.29) is 35.5 Å². The molecule has 0 aliphatic heterocycles. The van der Waals surface area contributed by atoms with Gasteiger partial charge in [-0.1, -0.05) is 20.8 Å². The van der Waals surface area contributed by atoms with E-state index in [1.807, 2.05) is 0 Å². The van der Waals surface area contributed by atoms with Gasteiger partial charge in [-0.3, -0.25) is 9.59 Å². The van der Waals surface area contributed by atoms with Crippen LogP contribution in [0, 0.1) is 46.3 Å².